The van der Waals surface area contributed by atoms with Crippen molar-refractivity contribution < 1.29 is 14.6 Å². The lowest BCUT2D eigenvalue weighted by atomic mass is 9.85. The van der Waals surface area contributed by atoms with Crippen LogP contribution in [0.25, 0.3) is 0 Å². The van der Waals surface area contributed by atoms with Gasteiger partial charge in [0.1, 0.15) is 4.88 Å². The van der Waals surface area contributed by atoms with Crippen LogP contribution in [0, 0.1) is 5.92 Å². The molecule has 2 unspecified atom stereocenters. The molecule has 1 saturated carbocycles. The summed E-state index contributed by atoms with van der Waals surface area (Å²) in [6.45, 7) is 2.78. The molecule has 2 atom stereocenters. The van der Waals surface area contributed by atoms with Crippen LogP contribution in [0.1, 0.15) is 53.6 Å². The first kappa shape index (κ1) is 13.6. The molecule has 2 rings (SSSR count). The Kier molecular flexibility index (Phi) is 4.78. The molecule has 0 bridgehead atoms. The van der Waals surface area contributed by atoms with Gasteiger partial charge in [-0.2, -0.15) is 0 Å². The Morgan fingerprint density at radius 3 is 2.89 bits per heavy atom. The Bertz CT molecular complexity index is 399. The van der Waals surface area contributed by atoms with Crippen LogP contribution in [-0.2, 0) is 11.3 Å². The predicted octanol–water partition coefficient (Wildman–Crippen LogP) is 3.93. The molecule has 3 nitrogen and oxygen atoms in total. The van der Waals surface area contributed by atoms with Gasteiger partial charge in [0.05, 0.1) is 12.7 Å². The standard InChI is InChI=1S/C14H20O3S/c1-2-10-5-3-4-6-12(10)17-9-11-7-8-13(18-11)14(15)16/h7-8,10,12H,2-6,9H2,1H3,(H,15,16). The molecule has 0 aliphatic heterocycles. The maximum Gasteiger partial charge on any atom is 0.345 e. The van der Waals surface area contributed by atoms with Crippen LogP contribution in [-0.4, -0.2) is 17.2 Å². The van der Waals surface area contributed by atoms with Crippen LogP contribution < -0.4 is 0 Å². The van der Waals surface area contributed by atoms with Gasteiger partial charge in [0, 0.05) is 4.88 Å². The molecule has 1 heterocycles. The maximum atomic E-state index is 10.8. The van der Waals surface area contributed by atoms with Crippen molar-refractivity contribution in [3.8, 4) is 0 Å². The Hall–Kier alpha value is -0.870. The topological polar surface area (TPSA) is 46.5 Å². The normalized spacial score (nSPS) is 24.1. The summed E-state index contributed by atoms with van der Waals surface area (Å²) in [5.74, 6) is -0.173. The molecule has 100 valence electrons. The first-order valence-corrected chi connectivity index (χ1v) is 7.46. The lowest BCUT2D eigenvalue weighted by Crippen LogP contribution is -2.26. The van der Waals surface area contributed by atoms with E-state index in [9.17, 15) is 4.79 Å². The van der Waals surface area contributed by atoms with Gasteiger partial charge in [-0.1, -0.05) is 26.2 Å². The fourth-order valence-corrected chi connectivity index (χ4v) is 3.39. The highest BCUT2D eigenvalue weighted by Gasteiger charge is 2.24. The summed E-state index contributed by atoms with van der Waals surface area (Å²) in [5, 5.41) is 8.86. The zero-order chi connectivity index (χ0) is 13.0. The van der Waals surface area contributed by atoms with E-state index >= 15 is 0 Å². The number of thiophene rings is 1. The third-order valence-corrected chi connectivity index (χ3v) is 4.72. The molecule has 1 fully saturated rings. The number of rotatable bonds is 5. The van der Waals surface area contributed by atoms with Crippen molar-refractivity contribution in [1.82, 2.24) is 0 Å². The van der Waals surface area contributed by atoms with E-state index in [0.717, 1.165) is 11.3 Å². The third-order valence-electron chi connectivity index (χ3n) is 3.68. The molecule has 1 aromatic rings. The smallest absolute Gasteiger partial charge is 0.345 e. The lowest BCUT2D eigenvalue weighted by Gasteiger charge is -2.30. The van der Waals surface area contributed by atoms with E-state index in [1.807, 2.05) is 6.07 Å². The maximum absolute atomic E-state index is 10.8. The highest BCUT2D eigenvalue weighted by Crippen LogP contribution is 2.30. The number of carbonyl (C=O) groups is 1. The summed E-state index contributed by atoms with van der Waals surface area (Å²) in [4.78, 5) is 12.2. The zero-order valence-corrected chi connectivity index (χ0v) is 11.5. The van der Waals surface area contributed by atoms with Gasteiger partial charge in [0.2, 0.25) is 0 Å². The summed E-state index contributed by atoms with van der Waals surface area (Å²) < 4.78 is 5.98. The van der Waals surface area contributed by atoms with E-state index in [1.165, 1.54) is 37.0 Å². The second-order valence-electron chi connectivity index (χ2n) is 4.87. The van der Waals surface area contributed by atoms with Crippen LogP contribution in [0.5, 0.6) is 0 Å². The molecule has 0 radical (unpaired) electrons. The second-order valence-corrected chi connectivity index (χ2v) is 6.04. The number of carboxylic acids is 1. The Morgan fingerprint density at radius 1 is 1.44 bits per heavy atom. The van der Waals surface area contributed by atoms with E-state index < -0.39 is 5.97 Å². The van der Waals surface area contributed by atoms with Crippen LogP contribution in [0.2, 0.25) is 0 Å². The van der Waals surface area contributed by atoms with Gasteiger partial charge < -0.3 is 9.84 Å². The van der Waals surface area contributed by atoms with Gasteiger partial charge in [-0.25, -0.2) is 4.79 Å². The van der Waals surface area contributed by atoms with Crippen LogP contribution >= 0.6 is 11.3 Å². The van der Waals surface area contributed by atoms with E-state index in [4.69, 9.17) is 9.84 Å². The fourth-order valence-electron chi connectivity index (χ4n) is 2.62. The zero-order valence-electron chi connectivity index (χ0n) is 10.7. The quantitative estimate of drug-likeness (QED) is 0.880. The van der Waals surface area contributed by atoms with E-state index in [0.29, 0.717) is 23.5 Å². The molecular weight excluding hydrogens is 248 g/mol. The number of aromatic carboxylic acids is 1. The minimum atomic E-state index is -0.852. The molecule has 18 heavy (non-hydrogen) atoms. The summed E-state index contributed by atoms with van der Waals surface area (Å²) in [6.07, 6.45) is 6.53. The van der Waals surface area contributed by atoms with Crippen molar-refractivity contribution in [2.24, 2.45) is 5.92 Å². The lowest BCUT2D eigenvalue weighted by molar-refractivity contribution is -0.0211. The number of ether oxygens (including phenoxy) is 1. The highest BCUT2D eigenvalue weighted by atomic mass is 32.1. The summed E-state index contributed by atoms with van der Waals surface area (Å²) in [5.41, 5.74) is 0. The van der Waals surface area contributed by atoms with Crippen molar-refractivity contribution in [3.05, 3.63) is 21.9 Å². The first-order valence-electron chi connectivity index (χ1n) is 6.64. The minimum absolute atomic E-state index is 0.360. The van der Waals surface area contributed by atoms with Crippen LogP contribution in [0.15, 0.2) is 12.1 Å². The SMILES string of the molecule is CCC1CCCCC1OCc1ccc(C(=O)O)s1. The number of hydrogen-bond donors (Lipinski definition) is 1. The third kappa shape index (κ3) is 3.33. The van der Waals surface area contributed by atoms with E-state index in [2.05, 4.69) is 6.92 Å². The molecule has 0 saturated heterocycles. The summed E-state index contributed by atoms with van der Waals surface area (Å²) >= 11 is 1.31. The second kappa shape index (κ2) is 6.34. The van der Waals surface area contributed by atoms with Crippen molar-refractivity contribution >= 4 is 17.3 Å². The van der Waals surface area contributed by atoms with Crippen molar-refractivity contribution in [3.63, 3.8) is 0 Å². The van der Waals surface area contributed by atoms with E-state index in [1.54, 1.807) is 6.07 Å². The molecule has 4 heteroatoms. The van der Waals surface area contributed by atoms with Crippen molar-refractivity contribution in [2.45, 2.75) is 51.7 Å². The summed E-state index contributed by atoms with van der Waals surface area (Å²) in [7, 11) is 0. The fraction of sp³-hybridized carbons (Fsp3) is 0.643. The Morgan fingerprint density at radius 2 is 2.22 bits per heavy atom. The average molecular weight is 268 g/mol. The van der Waals surface area contributed by atoms with Gasteiger partial charge >= 0.3 is 5.97 Å². The largest absolute Gasteiger partial charge is 0.477 e. The average Bonchev–Trinajstić information content (AvgIpc) is 2.85. The molecule has 0 aromatic carbocycles. The number of carboxylic acid groups (broad SMARTS) is 1. The molecule has 1 aromatic heterocycles. The van der Waals surface area contributed by atoms with Crippen molar-refractivity contribution in [1.29, 1.82) is 0 Å². The Labute approximate surface area is 112 Å². The summed E-state index contributed by atoms with van der Waals surface area (Å²) in [6, 6.07) is 3.52. The molecule has 1 aliphatic carbocycles. The van der Waals surface area contributed by atoms with Crippen LogP contribution in [0.4, 0.5) is 0 Å². The number of hydrogen-bond acceptors (Lipinski definition) is 3. The molecule has 0 spiro atoms. The molecule has 0 amide bonds. The minimum Gasteiger partial charge on any atom is -0.477 e. The van der Waals surface area contributed by atoms with Gasteiger partial charge in [0.25, 0.3) is 0 Å². The van der Waals surface area contributed by atoms with Gasteiger partial charge in [-0.15, -0.1) is 11.3 Å². The van der Waals surface area contributed by atoms with Crippen LogP contribution in [0.3, 0.4) is 0 Å². The molecule has 1 N–H and O–H groups in total. The Balaban J connectivity index is 1.87. The molecular formula is C14H20O3S. The first-order chi connectivity index (χ1) is 8.70. The monoisotopic (exact) mass is 268 g/mol. The highest BCUT2D eigenvalue weighted by molar-refractivity contribution is 7.13. The van der Waals surface area contributed by atoms with Gasteiger partial charge in [-0.3, -0.25) is 0 Å². The van der Waals surface area contributed by atoms with Crippen molar-refractivity contribution in [2.75, 3.05) is 0 Å². The van der Waals surface area contributed by atoms with E-state index in [-0.39, 0.29) is 0 Å². The van der Waals surface area contributed by atoms with Gasteiger partial charge in [0.15, 0.2) is 0 Å². The molecule has 1 aliphatic rings. The predicted molar refractivity (Wildman–Crippen MR) is 72.1 cm³/mol. The van der Waals surface area contributed by atoms with Gasteiger partial charge in [-0.05, 0) is 30.9 Å².